The van der Waals surface area contributed by atoms with Gasteiger partial charge in [-0.2, -0.15) is 0 Å². The van der Waals surface area contributed by atoms with Gasteiger partial charge in [0, 0.05) is 6.54 Å². The van der Waals surface area contributed by atoms with Crippen LogP contribution in [0, 0.1) is 6.92 Å². The molecule has 130 valence electrons. The van der Waals surface area contributed by atoms with Gasteiger partial charge in [-0.3, -0.25) is 4.79 Å². The maximum atomic E-state index is 12.6. The van der Waals surface area contributed by atoms with Crippen LogP contribution in [0.4, 0.5) is 0 Å². The number of hydrogen-bond acceptors (Lipinski definition) is 3. The Bertz CT molecular complexity index is 882. The van der Waals surface area contributed by atoms with Gasteiger partial charge in [0.1, 0.15) is 11.9 Å². The number of aryl methyl sites for hydroxylation is 2. The number of para-hydroxylation sites is 2. The van der Waals surface area contributed by atoms with Gasteiger partial charge in [-0.25, -0.2) is 4.98 Å². The molecule has 0 aliphatic heterocycles. The number of amides is 1. The normalized spacial score (nSPS) is 13.6. The Labute approximate surface area is 147 Å². The van der Waals surface area contributed by atoms with E-state index in [-0.39, 0.29) is 11.9 Å². The predicted molar refractivity (Wildman–Crippen MR) is 100 cm³/mol. The first kappa shape index (κ1) is 17.2. The Morgan fingerprint density at radius 2 is 1.88 bits per heavy atom. The van der Waals surface area contributed by atoms with Crippen molar-refractivity contribution in [3.63, 3.8) is 0 Å². The number of fused-ring (bicyclic) bond motifs is 1. The lowest BCUT2D eigenvalue weighted by atomic mass is 10.1. The Kier molecular flexibility index (Phi) is 4.86. The highest BCUT2D eigenvalue weighted by Gasteiger charge is 2.21. The summed E-state index contributed by atoms with van der Waals surface area (Å²) < 4.78 is 2.12. The molecule has 25 heavy (non-hydrogen) atoms. The Morgan fingerprint density at radius 3 is 2.56 bits per heavy atom. The number of nitrogens with two attached hydrogens (primary N) is 1. The van der Waals surface area contributed by atoms with Crippen LogP contribution in [0.25, 0.3) is 11.0 Å². The molecule has 2 atom stereocenters. The SMILES string of the molecule is CCn1c(C(C)NC(=O)C(N)c2ccc(C)cc2)nc2ccccc21. The highest BCUT2D eigenvalue weighted by atomic mass is 16.2. The molecule has 0 saturated heterocycles. The Balaban J connectivity index is 1.80. The second-order valence-electron chi connectivity index (χ2n) is 6.32. The standard InChI is InChI=1S/C20H24N4O/c1-4-24-17-8-6-5-7-16(17)23-19(24)14(3)22-20(25)18(21)15-11-9-13(2)10-12-15/h5-12,14,18H,4,21H2,1-3H3,(H,22,25). The number of carbonyl (C=O) groups excluding carboxylic acids is 1. The summed E-state index contributed by atoms with van der Waals surface area (Å²) in [5.74, 6) is 0.638. The summed E-state index contributed by atoms with van der Waals surface area (Å²) in [6, 6.07) is 14.8. The summed E-state index contributed by atoms with van der Waals surface area (Å²) in [5, 5.41) is 3.00. The molecular weight excluding hydrogens is 312 g/mol. The fourth-order valence-electron chi connectivity index (χ4n) is 3.05. The van der Waals surface area contributed by atoms with Crippen molar-refractivity contribution in [2.45, 2.75) is 39.4 Å². The maximum absolute atomic E-state index is 12.6. The van der Waals surface area contributed by atoms with Gasteiger partial charge in [-0.1, -0.05) is 42.0 Å². The fraction of sp³-hybridized carbons (Fsp3) is 0.300. The predicted octanol–water partition coefficient (Wildman–Crippen LogP) is 3.24. The van der Waals surface area contributed by atoms with Crippen LogP contribution >= 0.6 is 0 Å². The molecule has 2 unspecified atom stereocenters. The average Bonchev–Trinajstić information content (AvgIpc) is 3.00. The van der Waals surface area contributed by atoms with E-state index in [1.165, 1.54) is 0 Å². The number of rotatable bonds is 5. The van der Waals surface area contributed by atoms with E-state index in [2.05, 4.69) is 21.8 Å². The first-order valence-corrected chi connectivity index (χ1v) is 8.59. The van der Waals surface area contributed by atoms with Gasteiger partial charge >= 0.3 is 0 Å². The van der Waals surface area contributed by atoms with E-state index in [1.54, 1.807) is 0 Å². The molecule has 0 radical (unpaired) electrons. The molecule has 0 spiro atoms. The molecule has 5 nitrogen and oxygen atoms in total. The number of carbonyl (C=O) groups is 1. The molecule has 1 aromatic heterocycles. The molecule has 1 amide bonds. The van der Waals surface area contributed by atoms with Gasteiger partial charge in [-0.05, 0) is 38.5 Å². The first-order chi connectivity index (χ1) is 12.0. The van der Waals surface area contributed by atoms with Crippen molar-refractivity contribution in [3.8, 4) is 0 Å². The summed E-state index contributed by atoms with van der Waals surface area (Å²) in [6.45, 7) is 6.81. The monoisotopic (exact) mass is 336 g/mol. The van der Waals surface area contributed by atoms with Crippen LogP contribution in [0.5, 0.6) is 0 Å². The molecule has 3 rings (SSSR count). The van der Waals surface area contributed by atoms with Crippen LogP contribution in [0.15, 0.2) is 48.5 Å². The molecule has 0 aliphatic rings. The molecular formula is C20H24N4O. The number of aromatic nitrogens is 2. The molecule has 0 bridgehead atoms. The Morgan fingerprint density at radius 1 is 1.20 bits per heavy atom. The third kappa shape index (κ3) is 3.42. The lowest BCUT2D eigenvalue weighted by Gasteiger charge is -2.18. The van der Waals surface area contributed by atoms with Crippen molar-refractivity contribution in [2.75, 3.05) is 0 Å². The number of imidazole rings is 1. The largest absolute Gasteiger partial charge is 0.345 e. The Hall–Kier alpha value is -2.66. The van der Waals surface area contributed by atoms with Gasteiger partial charge in [0.05, 0.1) is 17.1 Å². The molecule has 0 aliphatic carbocycles. The number of nitrogens with zero attached hydrogens (tertiary/aromatic N) is 2. The maximum Gasteiger partial charge on any atom is 0.242 e. The van der Waals surface area contributed by atoms with Crippen molar-refractivity contribution < 1.29 is 4.79 Å². The average molecular weight is 336 g/mol. The topological polar surface area (TPSA) is 72.9 Å². The van der Waals surface area contributed by atoms with Crippen molar-refractivity contribution in [2.24, 2.45) is 5.73 Å². The lowest BCUT2D eigenvalue weighted by molar-refractivity contribution is -0.123. The number of hydrogen-bond donors (Lipinski definition) is 2. The quantitative estimate of drug-likeness (QED) is 0.751. The van der Waals surface area contributed by atoms with Crippen molar-refractivity contribution in [1.82, 2.24) is 14.9 Å². The van der Waals surface area contributed by atoms with Gasteiger partial charge in [0.15, 0.2) is 0 Å². The smallest absolute Gasteiger partial charge is 0.242 e. The van der Waals surface area contributed by atoms with Crippen molar-refractivity contribution >= 4 is 16.9 Å². The van der Waals surface area contributed by atoms with Crippen molar-refractivity contribution in [1.29, 1.82) is 0 Å². The third-order valence-corrected chi connectivity index (χ3v) is 4.47. The molecule has 5 heteroatoms. The molecule has 1 heterocycles. The zero-order valence-corrected chi connectivity index (χ0v) is 14.9. The summed E-state index contributed by atoms with van der Waals surface area (Å²) in [7, 11) is 0. The van der Waals surface area contributed by atoms with Crippen molar-refractivity contribution in [3.05, 3.63) is 65.5 Å². The molecule has 0 saturated carbocycles. The second-order valence-corrected chi connectivity index (χ2v) is 6.32. The molecule has 3 N–H and O–H groups in total. The first-order valence-electron chi connectivity index (χ1n) is 8.59. The molecule has 2 aromatic carbocycles. The van der Waals surface area contributed by atoms with E-state index in [9.17, 15) is 4.79 Å². The van der Waals surface area contributed by atoms with Gasteiger partial charge in [-0.15, -0.1) is 0 Å². The molecule has 3 aromatic rings. The van der Waals surface area contributed by atoms with E-state index in [0.29, 0.717) is 0 Å². The summed E-state index contributed by atoms with van der Waals surface area (Å²) >= 11 is 0. The zero-order chi connectivity index (χ0) is 18.0. The van der Waals surface area contributed by atoms with E-state index in [4.69, 9.17) is 5.73 Å². The highest BCUT2D eigenvalue weighted by molar-refractivity contribution is 5.83. The van der Waals surface area contributed by atoms with E-state index >= 15 is 0 Å². The van der Waals surface area contributed by atoms with Crippen LogP contribution < -0.4 is 11.1 Å². The summed E-state index contributed by atoms with van der Waals surface area (Å²) in [6.07, 6.45) is 0. The molecule has 0 fully saturated rings. The minimum absolute atomic E-state index is 0.203. The number of benzene rings is 2. The summed E-state index contributed by atoms with van der Waals surface area (Å²) in [5.41, 5.74) is 10.1. The van der Waals surface area contributed by atoms with Crippen LogP contribution in [0.3, 0.4) is 0 Å². The zero-order valence-electron chi connectivity index (χ0n) is 14.9. The van der Waals surface area contributed by atoms with Crippen LogP contribution in [-0.4, -0.2) is 15.5 Å². The van der Waals surface area contributed by atoms with Gasteiger partial charge in [0.2, 0.25) is 5.91 Å². The lowest BCUT2D eigenvalue weighted by Crippen LogP contribution is -2.36. The van der Waals surface area contributed by atoms with E-state index in [0.717, 1.165) is 34.5 Å². The van der Waals surface area contributed by atoms with E-state index < -0.39 is 6.04 Å². The third-order valence-electron chi connectivity index (χ3n) is 4.47. The van der Waals surface area contributed by atoms with Crippen LogP contribution in [0.1, 0.15) is 42.9 Å². The van der Waals surface area contributed by atoms with E-state index in [1.807, 2.05) is 62.4 Å². The summed E-state index contributed by atoms with van der Waals surface area (Å²) in [4.78, 5) is 17.2. The second kappa shape index (κ2) is 7.07. The van der Waals surface area contributed by atoms with Gasteiger partial charge < -0.3 is 15.6 Å². The van der Waals surface area contributed by atoms with Crippen LogP contribution in [-0.2, 0) is 11.3 Å². The highest BCUT2D eigenvalue weighted by Crippen LogP contribution is 2.21. The van der Waals surface area contributed by atoms with Gasteiger partial charge in [0.25, 0.3) is 0 Å². The minimum atomic E-state index is -0.692. The minimum Gasteiger partial charge on any atom is -0.345 e. The number of nitrogens with one attached hydrogen (secondary N) is 1. The fourth-order valence-corrected chi connectivity index (χ4v) is 3.05. The van der Waals surface area contributed by atoms with Crippen LogP contribution in [0.2, 0.25) is 0 Å².